The SMILES string of the molecule is CC1CCC(NC(=O)N2CCC(C(=O)O)C2C)C(C)C1. The molecule has 114 valence electrons. The Bertz CT molecular complexity index is 385. The van der Waals surface area contributed by atoms with Gasteiger partial charge in [0.15, 0.2) is 0 Å². The van der Waals surface area contributed by atoms with Crippen molar-refractivity contribution < 1.29 is 14.7 Å². The molecule has 0 bridgehead atoms. The number of nitrogens with zero attached hydrogens (tertiary/aromatic N) is 1. The molecular formula is C15H26N2O3. The summed E-state index contributed by atoms with van der Waals surface area (Å²) in [5, 5.41) is 12.2. The number of amides is 2. The van der Waals surface area contributed by atoms with Crippen molar-refractivity contribution in [2.75, 3.05) is 6.54 Å². The molecule has 2 fully saturated rings. The number of hydrogen-bond acceptors (Lipinski definition) is 2. The van der Waals surface area contributed by atoms with Crippen molar-refractivity contribution in [3.05, 3.63) is 0 Å². The highest BCUT2D eigenvalue weighted by Crippen LogP contribution is 2.29. The van der Waals surface area contributed by atoms with Crippen LogP contribution in [0, 0.1) is 17.8 Å². The van der Waals surface area contributed by atoms with Crippen LogP contribution in [0.3, 0.4) is 0 Å². The van der Waals surface area contributed by atoms with Crippen LogP contribution in [0.4, 0.5) is 4.79 Å². The van der Waals surface area contributed by atoms with E-state index in [-0.39, 0.29) is 18.1 Å². The molecule has 5 unspecified atom stereocenters. The Morgan fingerprint density at radius 3 is 2.40 bits per heavy atom. The number of urea groups is 1. The van der Waals surface area contributed by atoms with E-state index in [4.69, 9.17) is 5.11 Å². The van der Waals surface area contributed by atoms with Gasteiger partial charge in [-0.15, -0.1) is 0 Å². The third kappa shape index (κ3) is 3.07. The van der Waals surface area contributed by atoms with Gasteiger partial charge in [-0.1, -0.05) is 13.8 Å². The van der Waals surface area contributed by atoms with Crippen molar-refractivity contribution in [3.8, 4) is 0 Å². The number of hydrogen-bond donors (Lipinski definition) is 2. The maximum Gasteiger partial charge on any atom is 0.317 e. The van der Waals surface area contributed by atoms with Gasteiger partial charge in [0.25, 0.3) is 0 Å². The smallest absolute Gasteiger partial charge is 0.317 e. The molecule has 20 heavy (non-hydrogen) atoms. The van der Waals surface area contributed by atoms with Crippen molar-refractivity contribution in [1.29, 1.82) is 0 Å². The molecule has 1 aliphatic heterocycles. The molecule has 2 amide bonds. The molecule has 0 aromatic carbocycles. The first-order valence-electron chi connectivity index (χ1n) is 7.70. The molecule has 2 rings (SSSR count). The molecule has 0 aromatic heterocycles. The van der Waals surface area contributed by atoms with Crippen LogP contribution in [0.2, 0.25) is 0 Å². The van der Waals surface area contributed by atoms with Gasteiger partial charge in [0.05, 0.1) is 5.92 Å². The minimum Gasteiger partial charge on any atom is -0.481 e. The van der Waals surface area contributed by atoms with E-state index in [1.807, 2.05) is 6.92 Å². The van der Waals surface area contributed by atoms with E-state index in [2.05, 4.69) is 19.2 Å². The molecule has 1 saturated carbocycles. The Hall–Kier alpha value is -1.26. The highest BCUT2D eigenvalue weighted by Gasteiger charge is 2.39. The molecule has 1 saturated heterocycles. The Labute approximate surface area is 120 Å². The molecule has 5 atom stereocenters. The van der Waals surface area contributed by atoms with Crippen molar-refractivity contribution >= 4 is 12.0 Å². The summed E-state index contributed by atoms with van der Waals surface area (Å²) in [6.07, 6.45) is 3.89. The number of carbonyl (C=O) groups is 2. The lowest BCUT2D eigenvalue weighted by atomic mass is 9.80. The number of carboxylic acid groups (broad SMARTS) is 1. The van der Waals surface area contributed by atoms with Gasteiger partial charge in [-0.2, -0.15) is 0 Å². The number of aliphatic carboxylic acids is 1. The van der Waals surface area contributed by atoms with Gasteiger partial charge in [-0.05, 0) is 44.4 Å². The third-order valence-corrected chi connectivity index (χ3v) is 5.07. The monoisotopic (exact) mass is 282 g/mol. The Morgan fingerprint density at radius 1 is 1.15 bits per heavy atom. The zero-order valence-corrected chi connectivity index (χ0v) is 12.6. The van der Waals surface area contributed by atoms with Gasteiger partial charge in [-0.25, -0.2) is 4.79 Å². The van der Waals surface area contributed by atoms with E-state index < -0.39 is 11.9 Å². The highest BCUT2D eigenvalue weighted by atomic mass is 16.4. The lowest BCUT2D eigenvalue weighted by Gasteiger charge is -2.35. The molecule has 2 aliphatic rings. The van der Waals surface area contributed by atoms with Crippen molar-refractivity contribution in [2.24, 2.45) is 17.8 Å². The number of likely N-dealkylation sites (tertiary alicyclic amines) is 1. The van der Waals surface area contributed by atoms with Crippen LogP contribution >= 0.6 is 0 Å². The van der Waals surface area contributed by atoms with E-state index in [9.17, 15) is 9.59 Å². The van der Waals surface area contributed by atoms with Gasteiger partial charge in [0.1, 0.15) is 0 Å². The first-order chi connectivity index (χ1) is 9.40. The average Bonchev–Trinajstić information content (AvgIpc) is 2.74. The van der Waals surface area contributed by atoms with Crippen LogP contribution in [0.25, 0.3) is 0 Å². The fraction of sp³-hybridized carbons (Fsp3) is 0.867. The molecular weight excluding hydrogens is 256 g/mol. The van der Waals surface area contributed by atoms with Crippen LogP contribution in [0.5, 0.6) is 0 Å². The van der Waals surface area contributed by atoms with Crippen LogP contribution < -0.4 is 5.32 Å². The highest BCUT2D eigenvalue weighted by molar-refractivity contribution is 5.78. The maximum atomic E-state index is 12.3. The molecule has 0 radical (unpaired) electrons. The molecule has 5 heteroatoms. The van der Waals surface area contributed by atoms with E-state index in [0.717, 1.165) is 25.2 Å². The second-order valence-electron chi connectivity index (χ2n) is 6.62. The summed E-state index contributed by atoms with van der Waals surface area (Å²) in [4.78, 5) is 25.1. The summed E-state index contributed by atoms with van der Waals surface area (Å²) in [5.74, 6) is 0.00773. The minimum atomic E-state index is -0.798. The van der Waals surface area contributed by atoms with Crippen LogP contribution in [-0.4, -0.2) is 40.6 Å². The van der Waals surface area contributed by atoms with Gasteiger partial charge in [0.2, 0.25) is 0 Å². The lowest BCUT2D eigenvalue weighted by molar-refractivity contribution is -0.142. The minimum absolute atomic E-state index is 0.0901. The van der Waals surface area contributed by atoms with Crippen LogP contribution in [0.1, 0.15) is 46.5 Å². The van der Waals surface area contributed by atoms with Gasteiger partial charge < -0.3 is 15.3 Å². The molecule has 0 spiro atoms. The van der Waals surface area contributed by atoms with Crippen molar-refractivity contribution in [3.63, 3.8) is 0 Å². The molecule has 5 nitrogen and oxygen atoms in total. The van der Waals surface area contributed by atoms with Crippen LogP contribution in [0.15, 0.2) is 0 Å². The second kappa shape index (κ2) is 6.02. The van der Waals surface area contributed by atoms with Gasteiger partial charge >= 0.3 is 12.0 Å². The van der Waals surface area contributed by atoms with E-state index in [1.54, 1.807) is 4.90 Å². The summed E-state index contributed by atoms with van der Waals surface area (Å²) >= 11 is 0. The first kappa shape index (κ1) is 15.1. The maximum absolute atomic E-state index is 12.3. The third-order valence-electron chi connectivity index (χ3n) is 5.07. The predicted molar refractivity (Wildman–Crippen MR) is 76.4 cm³/mol. The molecule has 2 N–H and O–H groups in total. The fourth-order valence-electron chi connectivity index (χ4n) is 3.68. The summed E-state index contributed by atoms with van der Waals surface area (Å²) in [6.45, 7) is 6.82. The summed E-state index contributed by atoms with van der Waals surface area (Å²) in [7, 11) is 0. The van der Waals surface area contributed by atoms with E-state index >= 15 is 0 Å². The number of carboxylic acids is 1. The molecule has 1 heterocycles. The summed E-state index contributed by atoms with van der Waals surface area (Å²) in [6, 6.07) is -0.0762. The summed E-state index contributed by atoms with van der Waals surface area (Å²) in [5.41, 5.74) is 0. The standard InChI is InChI=1S/C15H26N2O3/c1-9-4-5-13(10(2)8-9)16-15(20)17-7-6-12(11(17)3)14(18)19/h9-13H,4-8H2,1-3H3,(H,16,20)(H,18,19). The second-order valence-corrected chi connectivity index (χ2v) is 6.62. The average molecular weight is 282 g/mol. The number of rotatable bonds is 2. The zero-order chi connectivity index (χ0) is 14.9. The quantitative estimate of drug-likeness (QED) is 0.816. The Balaban J connectivity index is 1.91. The van der Waals surface area contributed by atoms with Gasteiger partial charge in [-0.3, -0.25) is 4.79 Å². The predicted octanol–water partition coefficient (Wildman–Crippen LogP) is 2.32. The number of nitrogens with one attached hydrogen (secondary N) is 1. The van der Waals surface area contributed by atoms with Crippen molar-refractivity contribution in [2.45, 2.75) is 58.5 Å². The first-order valence-corrected chi connectivity index (χ1v) is 7.70. The number of carbonyl (C=O) groups excluding carboxylic acids is 1. The Morgan fingerprint density at radius 2 is 1.85 bits per heavy atom. The Kier molecular flexibility index (Phi) is 4.55. The lowest BCUT2D eigenvalue weighted by Crippen LogP contribution is -2.50. The van der Waals surface area contributed by atoms with E-state index in [0.29, 0.717) is 18.9 Å². The fourth-order valence-corrected chi connectivity index (χ4v) is 3.68. The van der Waals surface area contributed by atoms with Crippen LogP contribution in [-0.2, 0) is 4.79 Å². The van der Waals surface area contributed by atoms with E-state index in [1.165, 1.54) is 0 Å². The molecule has 1 aliphatic carbocycles. The van der Waals surface area contributed by atoms with Crippen molar-refractivity contribution in [1.82, 2.24) is 10.2 Å². The molecule has 0 aromatic rings. The zero-order valence-electron chi connectivity index (χ0n) is 12.6. The summed E-state index contributed by atoms with van der Waals surface area (Å²) < 4.78 is 0. The largest absolute Gasteiger partial charge is 0.481 e. The van der Waals surface area contributed by atoms with Gasteiger partial charge in [0, 0.05) is 18.6 Å². The normalized spacial score (nSPS) is 37.8. The topological polar surface area (TPSA) is 69.6 Å².